The first kappa shape index (κ1) is 21.0. The number of hydrogen-bond donors (Lipinski definition) is 1. The van der Waals surface area contributed by atoms with Crippen molar-refractivity contribution in [3.05, 3.63) is 72.1 Å². The first-order valence-electron chi connectivity index (χ1n) is 11.7. The van der Waals surface area contributed by atoms with Crippen LogP contribution in [-0.2, 0) is 0 Å². The van der Waals surface area contributed by atoms with Crippen molar-refractivity contribution in [3.8, 4) is 11.3 Å². The van der Waals surface area contributed by atoms with E-state index >= 15 is 0 Å². The molecule has 0 bridgehead atoms. The number of aromatic nitrogens is 4. The number of benzene rings is 1. The molecule has 6 rings (SSSR count). The third-order valence-corrected chi connectivity index (χ3v) is 6.70. The number of nitrogens with one attached hydrogen (secondary N) is 1. The second-order valence-electron chi connectivity index (χ2n) is 8.76. The van der Waals surface area contributed by atoms with Crippen LogP contribution in [0.25, 0.3) is 16.9 Å². The van der Waals surface area contributed by atoms with Crippen LogP contribution >= 0.6 is 0 Å². The van der Waals surface area contributed by atoms with Crippen molar-refractivity contribution in [1.29, 1.82) is 0 Å². The Bertz CT molecular complexity index is 1310. The minimum Gasteiger partial charge on any atom is -0.354 e. The van der Waals surface area contributed by atoms with Gasteiger partial charge in [0.1, 0.15) is 23.3 Å². The van der Waals surface area contributed by atoms with Gasteiger partial charge in [0.15, 0.2) is 5.65 Å². The molecule has 0 amide bonds. The Morgan fingerprint density at radius 1 is 0.882 bits per heavy atom. The molecule has 0 saturated carbocycles. The van der Waals surface area contributed by atoms with Crippen LogP contribution in [0.5, 0.6) is 0 Å². The third-order valence-electron chi connectivity index (χ3n) is 6.70. The average molecular weight is 462 g/mol. The van der Waals surface area contributed by atoms with E-state index in [9.17, 15) is 8.78 Å². The fourth-order valence-electron chi connectivity index (χ4n) is 4.97. The van der Waals surface area contributed by atoms with E-state index in [0.29, 0.717) is 11.4 Å². The van der Waals surface area contributed by atoms with Gasteiger partial charge in [-0.25, -0.2) is 23.3 Å². The highest BCUT2D eigenvalue weighted by Gasteiger charge is 2.30. The quantitative estimate of drug-likeness (QED) is 0.499. The molecule has 1 unspecified atom stereocenters. The molecular formula is C25H25F2N7. The summed E-state index contributed by atoms with van der Waals surface area (Å²) in [5.74, 6) is 0.853. The highest BCUT2D eigenvalue weighted by molar-refractivity contribution is 5.64. The number of halogens is 2. The number of rotatable bonds is 4. The third kappa shape index (κ3) is 3.75. The van der Waals surface area contributed by atoms with Gasteiger partial charge in [0, 0.05) is 50.0 Å². The van der Waals surface area contributed by atoms with Gasteiger partial charge in [-0.2, -0.15) is 0 Å². The van der Waals surface area contributed by atoms with Gasteiger partial charge in [-0.05, 0) is 55.3 Å². The van der Waals surface area contributed by atoms with Gasteiger partial charge in [0.25, 0.3) is 0 Å². The molecule has 174 valence electrons. The zero-order valence-electron chi connectivity index (χ0n) is 18.7. The number of fused-ring (bicyclic) bond motifs is 1. The van der Waals surface area contributed by atoms with Crippen LogP contribution in [0.4, 0.5) is 20.4 Å². The standard InChI is InChI=1S/C25H25F2N7/c26-18-4-5-20(27)19(14-18)21-2-1-11-33(21)25-8-7-24-30-16-22(34(24)31-25)17-3-6-23(29-15-17)32-12-9-28-10-13-32/h3-8,14-16,21,28H,1-2,9-13H2. The topological polar surface area (TPSA) is 61.6 Å². The van der Waals surface area contributed by atoms with E-state index in [0.717, 1.165) is 74.4 Å². The molecule has 1 aromatic carbocycles. The summed E-state index contributed by atoms with van der Waals surface area (Å²) in [7, 11) is 0. The van der Waals surface area contributed by atoms with Crippen molar-refractivity contribution in [1.82, 2.24) is 24.9 Å². The Morgan fingerprint density at radius 2 is 1.74 bits per heavy atom. The normalized spacial score (nSPS) is 18.7. The molecule has 3 aromatic heterocycles. The van der Waals surface area contributed by atoms with Gasteiger partial charge in [0.2, 0.25) is 0 Å². The molecule has 0 spiro atoms. The van der Waals surface area contributed by atoms with Crippen LogP contribution in [0.1, 0.15) is 24.4 Å². The Morgan fingerprint density at radius 3 is 2.56 bits per heavy atom. The second-order valence-corrected chi connectivity index (χ2v) is 8.76. The largest absolute Gasteiger partial charge is 0.354 e. The van der Waals surface area contributed by atoms with E-state index in [2.05, 4.69) is 20.2 Å². The van der Waals surface area contributed by atoms with E-state index in [1.807, 2.05) is 35.4 Å². The molecule has 2 aliphatic heterocycles. The lowest BCUT2D eigenvalue weighted by molar-refractivity contribution is 0.559. The number of hydrogen-bond acceptors (Lipinski definition) is 6. The van der Waals surface area contributed by atoms with E-state index in [4.69, 9.17) is 5.10 Å². The summed E-state index contributed by atoms with van der Waals surface area (Å²) in [6, 6.07) is 11.3. The second kappa shape index (κ2) is 8.64. The first-order valence-corrected chi connectivity index (χ1v) is 11.7. The predicted octanol–water partition coefficient (Wildman–Crippen LogP) is 3.82. The van der Waals surface area contributed by atoms with E-state index in [1.165, 1.54) is 12.1 Å². The molecule has 9 heteroatoms. The lowest BCUT2D eigenvalue weighted by atomic mass is 10.0. The Hall–Kier alpha value is -3.59. The van der Waals surface area contributed by atoms with Crippen LogP contribution in [0.2, 0.25) is 0 Å². The average Bonchev–Trinajstić information content (AvgIpc) is 3.53. The summed E-state index contributed by atoms with van der Waals surface area (Å²) in [5, 5.41) is 8.20. The number of nitrogens with zero attached hydrogens (tertiary/aromatic N) is 6. The van der Waals surface area contributed by atoms with Gasteiger partial charge >= 0.3 is 0 Å². The number of piperazine rings is 1. The van der Waals surface area contributed by atoms with Crippen LogP contribution in [0.15, 0.2) is 54.9 Å². The predicted molar refractivity (Wildman–Crippen MR) is 127 cm³/mol. The zero-order valence-corrected chi connectivity index (χ0v) is 18.7. The molecule has 5 heterocycles. The monoisotopic (exact) mass is 461 g/mol. The molecule has 2 aliphatic rings. The van der Waals surface area contributed by atoms with Gasteiger partial charge in [0.05, 0.1) is 17.9 Å². The SMILES string of the molecule is Fc1ccc(F)c(C2CCCN2c2ccc3ncc(-c4ccc(N5CCNCC5)nc4)n3n2)c1. The number of pyridine rings is 1. The lowest BCUT2D eigenvalue weighted by Gasteiger charge is -2.28. The highest BCUT2D eigenvalue weighted by atomic mass is 19.1. The zero-order chi connectivity index (χ0) is 23.1. The summed E-state index contributed by atoms with van der Waals surface area (Å²) in [4.78, 5) is 13.5. The van der Waals surface area contributed by atoms with Crippen LogP contribution in [0.3, 0.4) is 0 Å². The van der Waals surface area contributed by atoms with Gasteiger partial charge in [-0.3, -0.25) is 0 Å². The van der Waals surface area contributed by atoms with Crippen molar-refractivity contribution >= 4 is 17.3 Å². The van der Waals surface area contributed by atoms with E-state index in [-0.39, 0.29) is 6.04 Å². The van der Waals surface area contributed by atoms with E-state index in [1.54, 1.807) is 10.7 Å². The molecule has 1 N–H and O–H groups in total. The molecule has 0 radical (unpaired) electrons. The Kier molecular flexibility index (Phi) is 5.33. The van der Waals surface area contributed by atoms with Crippen molar-refractivity contribution < 1.29 is 8.78 Å². The van der Waals surface area contributed by atoms with Gasteiger partial charge < -0.3 is 15.1 Å². The summed E-state index contributed by atoms with van der Waals surface area (Å²) in [6.07, 6.45) is 5.28. The molecule has 7 nitrogen and oxygen atoms in total. The van der Waals surface area contributed by atoms with Crippen LogP contribution in [-0.4, -0.2) is 52.3 Å². The van der Waals surface area contributed by atoms with Gasteiger partial charge in [-0.1, -0.05) is 0 Å². The molecule has 2 saturated heterocycles. The Labute approximate surface area is 196 Å². The minimum absolute atomic E-state index is 0.257. The fourth-order valence-corrected chi connectivity index (χ4v) is 4.97. The lowest BCUT2D eigenvalue weighted by Crippen LogP contribution is -2.43. The highest BCUT2D eigenvalue weighted by Crippen LogP contribution is 2.37. The fraction of sp³-hybridized carbons (Fsp3) is 0.320. The van der Waals surface area contributed by atoms with Crippen molar-refractivity contribution in [2.24, 2.45) is 0 Å². The summed E-state index contributed by atoms with van der Waals surface area (Å²) < 4.78 is 30.2. The maximum Gasteiger partial charge on any atom is 0.154 e. The smallest absolute Gasteiger partial charge is 0.154 e. The maximum absolute atomic E-state index is 14.5. The number of anilines is 2. The number of imidazole rings is 1. The van der Waals surface area contributed by atoms with E-state index < -0.39 is 11.6 Å². The van der Waals surface area contributed by atoms with Crippen LogP contribution < -0.4 is 15.1 Å². The molecule has 4 aromatic rings. The summed E-state index contributed by atoms with van der Waals surface area (Å²) in [6.45, 7) is 4.52. The Balaban J connectivity index is 1.33. The van der Waals surface area contributed by atoms with Gasteiger partial charge in [-0.15, -0.1) is 5.10 Å². The molecule has 1 atom stereocenters. The first-order chi connectivity index (χ1) is 16.7. The maximum atomic E-state index is 14.5. The van der Waals surface area contributed by atoms with Crippen molar-refractivity contribution in [2.75, 3.05) is 42.5 Å². The molecular weight excluding hydrogens is 436 g/mol. The van der Waals surface area contributed by atoms with Crippen molar-refractivity contribution in [2.45, 2.75) is 18.9 Å². The van der Waals surface area contributed by atoms with Crippen molar-refractivity contribution in [3.63, 3.8) is 0 Å². The minimum atomic E-state index is -0.430. The summed E-state index contributed by atoms with van der Waals surface area (Å²) in [5.41, 5.74) is 2.85. The van der Waals surface area contributed by atoms with Crippen LogP contribution in [0, 0.1) is 11.6 Å². The molecule has 34 heavy (non-hydrogen) atoms. The molecule has 0 aliphatic carbocycles. The molecule has 2 fully saturated rings. The summed E-state index contributed by atoms with van der Waals surface area (Å²) >= 11 is 0.